The summed E-state index contributed by atoms with van der Waals surface area (Å²) in [6, 6.07) is 13.1. The molecule has 0 aliphatic carbocycles. The molecule has 1 fully saturated rings. The number of benzene rings is 2. The first-order valence-corrected chi connectivity index (χ1v) is 10.4. The maximum atomic E-state index is 14.5. The fourth-order valence-electron chi connectivity index (χ4n) is 3.84. The van der Waals surface area contributed by atoms with E-state index in [0.717, 1.165) is 16.2 Å². The molecule has 0 bridgehead atoms. The van der Waals surface area contributed by atoms with Crippen molar-refractivity contribution in [1.29, 1.82) is 0 Å². The van der Waals surface area contributed by atoms with E-state index in [1.165, 1.54) is 0 Å². The van der Waals surface area contributed by atoms with Crippen LogP contribution >= 0.6 is 11.6 Å². The molecule has 2 heterocycles. The summed E-state index contributed by atoms with van der Waals surface area (Å²) >= 11 is 5.84. The van der Waals surface area contributed by atoms with E-state index in [-0.39, 0.29) is 12.1 Å². The summed E-state index contributed by atoms with van der Waals surface area (Å²) in [6.45, 7) is -0.823. The molecule has 1 aliphatic heterocycles. The minimum atomic E-state index is -3.17. The predicted molar refractivity (Wildman–Crippen MR) is 118 cm³/mol. The summed E-state index contributed by atoms with van der Waals surface area (Å²) in [7, 11) is 1.83. The molecule has 2 amide bonds. The van der Waals surface area contributed by atoms with Gasteiger partial charge in [-0.1, -0.05) is 23.7 Å². The number of aryl methyl sites for hydroxylation is 1. The molecule has 1 saturated heterocycles. The smallest absolute Gasteiger partial charge is 0.266 e. The van der Waals surface area contributed by atoms with Crippen LogP contribution in [0.4, 0.5) is 14.5 Å². The van der Waals surface area contributed by atoms with Crippen LogP contribution in [0.15, 0.2) is 61.1 Å². The first kappa shape index (κ1) is 22.0. The number of rotatable bonds is 4. The molecule has 0 radical (unpaired) electrons. The van der Waals surface area contributed by atoms with Gasteiger partial charge < -0.3 is 14.8 Å². The summed E-state index contributed by atoms with van der Waals surface area (Å²) in [5, 5.41) is 3.13. The highest BCUT2D eigenvalue weighted by molar-refractivity contribution is 6.30. The first-order valence-electron chi connectivity index (χ1n) is 10.0. The van der Waals surface area contributed by atoms with Crippen LogP contribution in [0, 0.1) is 5.92 Å². The number of alkyl halides is 2. The number of piperidine rings is 1. The molecule has 1 aliphatic rings. The van der Waals surface area contributed by atoms with Crippen LogP contribution < -0.4 is 5.32 Å². The second-order valence-electron chi connectivity index (χ2n) is 7.91. The predicted octanol–water partition coefficient (Wildman–Crippen LogP) is 4.48. The molecule has 6 nitrogen and oxygen atoms in total. The number of nitrogens with zero attached hydrogens (tertiary/aromatic N) is 3. The van der Waals surface area contributed by atoms with Crippen molar-refractivity contribution < 1.29 is 18.4 Å². The average Bonchev–Trinajstić information content (AvgIpc) is 3.19. The number of carbonyl (C=O) groups is 2. The van der Waals surface area contributed by atoms with Crippen LogP contribution in [-0.2, 0) is 11.8 Å². The lowest BCUT2D eigenvalue weighted by Gasteiger charge is -2.37. The lowest BCUT2D eigenvalue weighted by atomic mass is 9.93. The van der Waals surface area contributed by atoms with Gasteiger partial charge in [-0.2, -0.15) is 0 Å². The zero-order valence-corrected chi connectivity index (χ0v) is 18.0. The standard InChI is InChI=1S/C23H21ClF2N4O2/c1-29-14-27-11-20(29)15-3-2-4-16(9-15)22(32)30-12-17(10-23(25,26)13-30)21(31)28-19-7-5-18(24)6-8-19/h2-9,11,14,17H,10,12-13H2,1H3,(H,28,31). The van der Waals surface area contributed by atoms with Gasteiger partial charge in [0.1, 0.15) is 0 Å². The Bertz CT molecular complexity index is 1150. The third-order valence-electron chi connectivity index (χ3n) is 5.40. The van der Waals surface area contributed by atoms with Gasteiger partial charge in [-0.15, -0.1) is 0 Å². The number of imidazole rings is 1. The summed E-state index contributed by atoms with van der Waals surface area (Å²) in [6.07, 6.45) is 2.68. The van der Waals surface area contributed by atoms with Crippen molar-refractivity contribution in [1.82, 2.24) is 14.5 Å². The van der Waals surface area contributed by atoms with E-state index in [1.54, 1.807) is 59.6 Å². The number of nitrogens with one attached hydrogen (secondary N) is 1. The van der Waals surface area contributed by atoms with E-state index < -0.39 is 36.6 Å². The molecule has 166 valence electrons. The second-order valence-corrected chi connectivity index (χ2v) is 8.35. The molecule has 0 spiro atoms. The fraction of sp³-hybridized carbons (Fsp3) is 0.261. The fourth-order valence-corrected chi connectivity index (χ4v) is 3.96. The molecule has 0 saturated carbocycles. The Morgan fingerprint density at radius 2 is 1.94 bits per heavy atom. The summed E-state index contributed by atoms with van der Waals surface area (Å²) in [5.41, 5.74) is 2.27. The maximum Gasteiger partial charge on any atom is 0.266 e. The van der Waals surface area contributed by atoms with Crippen LogP contribution in [0.3, 0.4) is 0 Å². The number of anilines is 1. The van der Waals surface area contributed by atoms with Gasteiger partial charge in [-0.05, 0) is 36.4 Å². The summed E-state index contributed by atoms with van der Waals surface area (Å²) in [5.74, 6) is -5.32. The van der Waals surface area contributed by atoms with Gasteiger partial charge in [0.05, 0.1) is 30.7 Å². The SMILES string of the molecule is Cn1cncc1-c1cccc(C(=O)N2CC(C(=O)Nc3ccc(Cl)cc3)CC(F)(F)C2)c1. The van der Waals surface area contributed by atoms with E-state index in [4.69, 9.17) is 11.6 Å². The monoisotopic (exact) mass is 458 g/mol. The quantitative estimate of drug-likeness (QED) is 0.627. The van der Waals surface area contributed by atoms with Gasteiger partial charge in [0.2, 0.25) is 5.91 Å². The third-order valence-corrected chi connectivity index (χ3v) is 5.65. The first-order chi connectivity index (χ1) is 15.2. The van der Waals surface area contributed by atoms with E-state index in [9.17, 15) is 18.4 Å². The van der Waals surface area contributed by atoms with Gasteiger partial charge in [-0.25, -0.2) is 13.8 Å². The number of amides is 2. The molecule has 2 aromatic carbocycles. The highest BCUT2D eigenvalue weighted by Gasteiger charge is 2.44. The highest BCUT2D eigenvalue weighted by Crippen LogP contribution is 2.32. The van der Waals surface area contributed by atoms with Crippen molar-refractivity contribution in [2.45, 2.75) is 12.3 Å². The van der Waals surface area contributed by atoms with Crippen LogP contribution in [0.25, 0.3) is 11.3 Å². The molecule has 1 N–H and O–H groups in total. The third kappa shape index (κ3) is 4.80. The van der Waals surface area contributed by atoms with E-state index in [0.29, 0.717) is 10.7 Å². The second kappa shape index (κ2) is 8.70. The van der Waals surface area contributed by atoms with Crippen LogP contribution in [0.5, 0.6) is 0 Å². The Hall–Kier alpha value is -3.26. The molecule has 1 unspecified atom stereocenters. The molecule has 1 aromatic heterocycles. The largest absolute Gasteiger partial charge is 0.334 e. The zero-order chi connectivity index (χ0) is 22.9. The Labute approximate surface area is 188 Å². The Morgan fingerprint density at radius 3 is 2.62 bits per heavy atom. The van der Waals surface area contributed by atoms with Crippen LogP contribution in [0.2, 0.25) is 5.02 Å². The Kier molecular flexibility index (Phi) is 5.97. The van der Waals surface area contributed by atoms with Crippen molar-refractivity contribution in [2.24, 2.45) is 13.0 Å². The Morgan fingerprint density at radius 1 is 1.19 bits per heavy atom. The summed E-state index contributed by atoms with van der Waals surface area (Å²) < 4.78 is 30.8. The molecule has 9 heteroatoms. The van der Waals surface area contributed by atoms with Gasteiger partial charge in [0.25, 0.3) is 11.8 Å². The summed E-state index contributed by atoms with van der Waals surface area (Å²) in [4.78, 5) is 30.9. The Balaban J connectivity index is 1.53. The van der Waals surface area contributed by atoms with Gasteiger partial charge >= 0.3 is 0 Å². The van der Waals surface area contributed by atoms with E-state index in [1.807, 2.05) is 13.1 Å². The normalized spacial score (nSPS) is 17.8. The van der Waals surface area contributed by atoms with Crippen LogP contribution in [-0.4, -0.2) is 45.3 Å². The van der Waals surface area contributed by atoms with Crippen molar-refractivity contribution in [2.75, 3.05) is 18.4 Å². The van der Waals surface area contributed by atoms with Crippen molar-refractivity contribution in [3.8, 4) is 11.3 Å². The highest BCUT2D eigenvalue weighted by atomic mass is 35.5. The van der Waals surface area contributed by atoms with Gasteiger partial charge in [0, 0.05) is 41.9 Å². The van der Waals surface area contributed by atoms with E-state index >= 15 is 0 Å². The molecular formula is C23H21ClF2N4O2. The minimum Gasteiger partial charge on any atom is -0.334 e. The van der Waals surface area contributed by atoms with Crippen molar-refractivity contribution in [3.05, 3.63) is 71.6 Å². The zero-order valence-electron chi connectivity index (χ0n) is 17.3. The van der Waals surface area contributed by atoms with Crippen molar-refractivity contribution in [3.63, 3.8) is 0 Å². The number of carbonyl (C=O) groups excluding carboxylic acids is 2. The molecule has 3 aromatic rings. The number of hydrogen-bond donors (Lipinski definition) is 1. The maximum absolute atomic E-state index is 14.5. The molecule has 1 atom stereocenters. The molecule has 32 heavy (non-hydrogen) atoms. The van der Waals surface area contributed by atoms with Gasteiger partial charge in [-0.3, -0.25) is 9.59 Å². The lowest BCUT2D eigenvalue weighted by Crippen LogP contribution is -2.52. The molecular weight excluding hydrogens is 438 g/mol. The van der Waals surface area contributed by atoms with Crippen molar-refractivity contribution >= 4 is 29.1 Å². The number of likely N-dealkylation sites (tertiary alicyclic amines) is 1. The van der Waals surface area contributed by atoms with E-state index in [2.05, 4.69) is 10.3 Å². The van der Waals surface area contributed by atoms with Gasteiger partial charge in [0.15, 0.2) is 0 Å². The number of aromatic nitrogens is 2. The molecule has 4 rings (SSSR count). The topological polar surface area (TPSA) is 67.2 Å². The average molecular weight is 459 g/mol. The van der Waals surface area contributed by atoms with Crippen LogP contribution in [0.1, 0.15) is 16.8 Å². The minimum absolute atomic E-state index is 0.0935. The number of hydrogen-bond acceptors (Lipinski definition) is 3. The number of halogens is 3. The lowest BCUT2D eigenvalue weighted by molar-refractivity contribution is -0.130.